The molecule has 0 radical (unpaired) electrons. The average Bonchev–Trinajstić information content (AvgIpc) is 2.86. The fourth-order valence-corrected chi connectivity index (χ4v) is 2.18. The molecule has 1 amide bonds. The van der Waals surface area contributed by atoms with Crippen molar-refractivity contribution in [3.8, 4) is 5.75 Å². The van der Waals surface area contributed by atoms with E-state index in [0.29, 0.717) is 17.5 Å². The average molecular weight is 330 g/mol. The summed E-state index contributed by atoms with van der Waals surface area (Å²) in [5.41, 5.74) is 0.127. The lowest BCUT2D eigenvalue weighted by Crippen LogP contribution is -2.12. The molecule has 9 heteroatoms. The van der Waals surface area contributed by atoms with Crippen molar-refractivity contribution in [2.24, 2.45) is 0 Å². The van der Waals surface area contributed by atoms with Crippen molar-refractivity contribution in [2.75, 3.05) is 5.32 Å². The molecule has 2 rings (SSSR count). The summed E-state index contributed by atoms with van der Waals surface area (Å²) in [4.78, 5) is 25.4. The first kappa shape index (κ1) is 16.0. The maximum Gasteiger partial charge on any atom is 0.427 e. The van der Waals surface area contributed by atoms with Crippen LogP contribution in [-0.4, -0.2) is 16.9 Å². The summed E-state index contributed by atoms with van der Waals surface area (Å²) in [7, 11) is 0. The molecule has 0 saturated heterocycles. The third-order valence-electron chi connectivity index (χ3n) is 2.36. The highest BCUT2D eigenvalue weighted by Gasteiger charge is 2.33. The number of ether oxygens (including phenoxy) is 1. The number of carbonyl (C=O) groups is 2. The Morgan fingerprint density at radius 2 is 2.05 bits per heavy atom. The van der Waals surface area contributed by atoms with Gasteiger partial charge in [0.15, 0.2) is 5.13 Å². The molecule has 5 nitrogen and oxygen atoms in total. The number of halogens is 3. The monoisotopic (exact) mass is 330 g/mol. The molecule has 1 heterocycles. The molecule has 0 fully saturated rings. The standard InChI is InChI=1S/C13H9F3N2O3S/c1-7(19)21-9-4-2-3-8(5-9)11(20)18-12-17-6-10(22-12)13(14,15)16/h2-6H,1H3,(H,17,18,20). The predicted molar refractivity (Wildman–Crippen MR) is 72.8 cm³/mol. The Balaban J connectivity index is 2.12. The van der Waals surface area contributed by atoms with E-state index in [1.807, 2.05) is 0 Å². The Bertz CT molecular complexity index is 713. The van der Waals surface area contributed by atoms with Crippen LogP contribution in [0, 0.1) is 0 Å². The molecule has 22 heavy (non-hydrogen) atoms. The zero-order valence-corrected chi connectivity index (χ0v) is 11.9. The van der Waals surface area contributed by atoms with Gasteiger partial charge in [0.25, 0.3) is 5.91 Å². The van der Waals surface area contributed by atoms with Crippen LogP contribution in [0.4, 0.5) is 18.3 Å². The molecule has 0 bridgehead atoms. The minimum atomic E-state index is -4.50. The molecular weight excluding hydrogens is 321 g/mol. The molecule has 1 N–H and O–H groups in total. The van der Waals surface area contributed by atoms with Crippen molar-refractivity contribution in [3.05, 3.63) is 40.9 Å². The summed E-state index contributed by atoms with van der Waals surface area (Å²) in [6, 6.07) is 5.69. The number of aromatic nitrogens is 1. The molecule has 0 aliphatic rings. The van der Waals surface area contributed by atoms with Gasteiger partial charge in [0.1, 0.15) is 10.6 Å². The number of benzene rings is 1. The summed E-state index contributed by atoms with van der Waals surface area (Å²) in [5.74, 6) is -1.04. The number of amides is 1. The van der Waals surface area contributed by atoms with Crippen LogP contribution < -0.4 is 10.1 Å². The van der Waals surface area contributed by atoms with Gasteiger partial charge < -0.3 is 4.74 Å². The smallest absolute Gasteiger partial charge is 0.427 e. The zero-order chi connectivity index (χ0) is 16.3. The van der Waals surface area contributed by atoms with E-state index in [2.05, 4.69) is 10.3 Å². The molecule has 116 valence electrons. The lowest BCUT2D eigenvalue weighted by atomic mass is 10.2. The summed E-state index contributed by atoms with van der Waals surface area (Å²) in [5, 5.41) is 2.09. The highest BCUT2D eigenvalue weighted by atomic mass is 32.1. The normalized spacial score (nSPS) is 11.1. The number of hydrogen-bond donors (Lipinski definition) is 1. The van der Waals surface area contributed by atoms with Crippen molar-refractivity contribution in [1.82, 2.24) is 4.98 Å². The molecule has 0 atom stereocenters. The third kappa shape index (κ3) is 4.04. The number of nitrogens with one attached hydrogen (secondary N) is 1. The van der Waals surface area contributed by atoms with Gasteiger partial charge in [0.05, 0.1) is 6.20 Å². The summed E-state index contributed by atoms with van der Waals surface area (Å²) in [6.45, 7) is 1.21. The van der Waals surface area contributed by atoms with Crippen LogP contribution in [0.15, 0.2) is 30.5 Å². The molecule has 1 aromatic heterocycles. The molecule has 0 spiro atoms. The van der Waals surface area contributed by atoms with E-state index in [9.17, 15) is 22.8 Å². The largest absolute Gasteiger partial charge is 0.427 e. The van der Waals surface area contributed by atoms with Crippen LogP contribution >= 0.6 is 11.3 Å². The Morgan fingerprint density at radius 3 is 2.64 bits per heavy atom. The fourth-order valence-electron chi connectivity index (χ4n) is 1.50. The van der Waals surface area contributed by atoms with E-state index < -0.39 is 22.9 Å². The summed E-state index contributed by atoms with van der Waals surface area (Å²) < 4.78 is 42.2. The second-order valence-corrected chi connectivity index (χ2v) is 5.13. The van der Waals surface area contributed by atoms with E-state index in [-0.39, 0.29) is 16.4 Å². The predicted octanol–water partition coefficient (Wildman–Crippen LogP) is 3.34. The topological polar surface area (TPSA) is 68.3 Å². The molecule has 0 aliphatic heterocycles. The summed E-state index contributed by atoms with van der Waals surface area (Å²) >= 11 is 0.324. The number of nitrogens with zero attached hydrogens (tertiary/aromatic N) is 1. The van der Waals surface area contributed by atoms with E-state index in [1.54, 1.807) is 0 Å². The molecule has 2 aromatic rings. The maximum atomic E-state index is 12.4. The molecule has 0 aliphatic carbocycles. The van der Waals surface area contributed by atoms with Crippen LogP contribution in [0.1, 0.15) is 22.2 Å². The van der Waals surface area contributed by atoms with Gasteiger partial charge in [-0.05, 0) is 18.2 Å². The maximum absolute atomic E-state index is 12.4. The van der Waals surface area contributed by atoms with E-state index in [1.165, 1.54) is 31.2 Å². The first-order valence-corrected chi connectivity index (χ1v) is 6.70. The number of thiazole rings is 1. The SMILES string of the molecule is CC(=O)Oc1cccc(C(=O)Nc2ncc(C(F)(F)F)s2)c1. The minimum Gasteiger partial charge on any atom is -0.427 e. The van der Waals surface area contributed by atoms with E-state index >= 15 is 0 Å². The highest BCUT2D eigenvalue weighted by Crippen LogP contribution is 2.35. The first-order chi connectivity index (χ1) is 10.3. The third-order valence-corrected chi connectivity index (χ3v) is 3.32. The van der Waals surface area contributed by atoms with Crippen molar-refractivity contribution in [1.29, 1.82) is 0 Å². The Morgan fingerprint density at radius 1 is 1.32 bits per heavy atom. The van der Waals surface area contributed by atoms with Crippen LogP contribution in [-0.2, 0) is 11.0 Å². The number of alkyl halides is 3. The molecule has 0 unspecified atom stereocenters. The van der Waals surface area contributed by atoms with Crippen molar-refractivity contribution >= 4 is 28.3 Å². The molecule has 0 saturated carbocycles. The zero-order valence-electron chi connectivity index (χ0n) is 11.1. The Labute approximate surface area is 126 Å². The van der Waals surface area contributed by atoms with Gasteiger partial charge in [0.2, 0.25) is 0 Å². The van der Waals surface area contributed by atoms with Crippen LogP contribution in [0.25, 0.3) is 0 Å². The lowest BCUT2D eigenvalue weighted by molar-refractivity contribution is -0.134. The quantitative estimate of drug-likeness (QED) is 0.692. The number of rotatable bonds is 3. The van der Waals surface area contributed by atoms with Crippen molar-refractivity contribution in [2.45, 2.75) is 13.1 Å². The minimum absolute atomic E-state index is 0.127. The second kappa shape index (κ2) is 6.14. The van der Waals surface area contributed by atoms with Gasteiger partial charge in [-0.1, -0.05) is 17.4 Å². The molecule has 1 aromatic carbocycles. The lowest BCUT2D eigenvalue weighted by Gasteiger charge is -2.05. The highest BCUT2D eigenvalue weighted by molar-refractivity contribution is 7.15. The van der Waals surface area contributed by atoms with Gasteiger partial charge in [0, 0.05) is 12.5 Å². The van der Waals surface area contributed by atoms with Crippen LogP contribution in [0.3, 0.4) is 0 Å². The van der Waals surface area contributed by atoms with Gasteiger partial charge in [-0.15, -0.1) is 0 Å². The van der Waals surface area contributed by atoms with Crippen molar-refractivity contribution in [3.63, 3.8) is 0 Å². The van der Waals surface area contributed by atoms with Gasteiger partial charge in [-0.25, -0.2) is 4.98 Å². The molecular formula is C13H9F3N2O3S. The van der Waals surface area contributed by atoms with Crippen molar-refractivity contribution < 1.29 is 27.5 Å². The van der Waals surface area contributed by atoms with Crippen LogP contribution in [0.5, 0.6) is 5.75 Å². The number of carbonyl (C=O) groups excluding carboxylic acids is 2. The second-order valence-electron chi connectivity index (χ2n) is 4.10. The number of anilines is 1. The number of esters is 1. The van der Waals surface area contributed by atoms with E-state index in [4.69, 9.17) is 4.74 Å². The Hall–Kier alpha value is -2.42. The number of hydrogen-bond acceptors (Lipinski definition) is 5. The van der Waals surface area contributed by atoms with Gasteiger partial charge >= 0.3 is 12.1 Å². The summed E-state index contributed by atoms with van der Waals surface area (Å²) in [6.07, 6.45) is -3.86. The van der Waals surface area contributed by atoms with Gasteiger partial charge in [-0.3, -0.25) is 14.9 Å². The Kier molecular flexibility index (Phi) is 4.45. The van der Waals surface area contributed by atoms with Gasteiger partial charge in [-0.2, -0.15) is 13.2 Å². The van der Waals surface area contributed by atoms with Crippen LogP contribution in [0.2, 0.25) is 0 Å². The first-order valence-electron chi connectivity index (χ1n) is 5.88. The van der Waals surface area contributed by atoms with E-state index in [0.717, 1.165) is 0 Å². The fraction of sp³-hybridized carbons (Fsp3) is 0.154.